The van der Waals surface area contributed by atoms with Crippen molar-refractivity contribution in [2.75, 3.05) is 0 Å². The van der Waals surface area contributed by atoms with Crippen LogP contribution in [0.25, 0.3) is 21.6 Å². The summed E-state index contributed by atoms with van der Waals surface area (Å²) in [5, 5.41) is 3.28. The number of furan rings is 1. The summed E-state index contributed by atoms with van der Waals surface area (Å²) < 4.78 is 5.85. The summed E-state index contributed by atoms with van der Waals surface area (Å²) in [4.78, 5) is 1.20. The van der Waals surface area contributed by atoms with Crippen molar-refractivity contribution in [2.24, 2.45) is 0 Å². The van der Waals surface area contributed by atoms with Gasteiger partial charge in [-0.05, 0) is 24.4 Å². The average molecular weight is 214 g/mol. The number of thiophene rings is 1. The van der Waals surface area contributed by atoms with E-state index in [4.69, 9.17) is 4.42 Å². The van der Waals surface area contributed by atoms with Gasteiger partial charge in [-0.3, -0.25) is 0 Å². The van der Waals surface area contributed by atoms with E-state index in [2.05, 4.69) is 24.4 Å². The van der Waals surface area contributed by atoms with E-state index in [1.165, 1.54) is 15.8 Å². The number of rotatable bonds is 1. The van der Waals surface area contributed by atoms with Gasteiger partial charge in [-0.2, -0.15) is 0 Å². The van der Waals surface area contributed by atoms with E-state index in [-0.39, 0.29) is 0 Å². The predicted octanol–water partition coefficient (Wildman–Crippen LogP) is 4.47. The Bertz CT molecular complexity index is 590. The Labute approximate surface area is 92.0 Å². The lowest BCUT2D eigenvalue weighted by molar-refractivity contribution is 0.631. The number of hydrogen-bond acceptors (Lipinski definition) is 2. The topological polar surface area (TPSA) is 13.1 Å². The van der Waals surface area contributed by atoms with Gasteiger partial charge in [-0.25, -0.2) is 0 Å². The van der Waals surface area contributed by atoms with Crippen molar-refractivity contribution in [2.45, 2.75) is 6.92 Å². The Morgan fingerprint density at radius 1 is 1.07 bits per heavy atom. The predicted molar refractivity (Wildman–Crippen MR) is 64.3 cm³/mol. The van der Waals surface area contributed by atoms with Crippen molar-refractivity contribution in [3.63, 3.8) is 0 Å². The van der Waals surface area contributed by atoms with Gasteiger partial charge in [0.25, 0.3) is 0 Å². The quantitative estimate of drug-likeness (QED) is 0.582. The summed E-state index contributed by atoms with van der Waals surface area (Å²) in [6.45, 7) is 2.11. The fraction of sp³-hybridized carbons (Fsp3) is 0.0769. The normalized spacial score (nSPS) is 11.0. The van der Waals surface area contributed by atoms with E-state index < -0.39 is 0 Å². The third kappa shape index (κ3) is 1.29. The monoisotopic (exact) mass is 214 g/mol. The molecule has 3 rings (SSSR count). The van der Waals surface area contributed by atoms with Crippen LogP contribution < -0.4 is 0 Å². The summed E-state index contributed by atoms with van der Waals surface area (Å²) in [6.07, 6.45) is 0. The molecule has 0 aliphatic rings. The number of benzene rings is 1. The van der Waals surface area contributed by atoms with E-state index in [1.54, 1.807) is 11.3 Å². The number of fused-ring (bicyclic) bond motifs is 1. The number of hydrogen-bond donors (Lipinski definition) is 0. The van der Waals surface area contributed by atoms with Crippen LogP contribution in [0.4, 0.5) is 0 Å². The maximum Gasteiger partial charge on any atom is 0.148 e. The molecular formula is C13H10OS. The minimum absolute atomic E-state index is 0.971. The second-order valence-electron chi connectivity index (χ2n) is 3.53. The highest BCUT2D eigenvalue weighted by molar-refractivity contribution is 7.13. The van der Waals surface area contributed by atoms with Crippen molar-refractivity contribution in [1.82, 2.24) is 0 Å². The largest absolute Gasteiger partial charge is 0.455 e. The molecule has 3 aromatic rings. The van der Waals surface area contributed by atoms with E-state index in [9.17, 15) is 0 Å². The molecule has 0 aliphatic heterocycles. The van der Waals surface area contributed by atoms with Crippen molar-refractivity contribution in [1.29, 1.82) is 0 Å². The molecule has 0 bridgehead atoms. The Morgan fingerprint density at radius 2 is 1.93 bits per heavy atom. The Balaban J connectivity index is 2.33. The summed E-state index contributed by atoms with van der Waals surface area (Å²) in [5.41, 5.74) is 2.20. The molecule has 2 aromatic heterocycles. The maximum atomic E-state index is 5.85. The fourth-order valence-corrected chi connectivity index (χ4v) is 2.58. The first-order valence-electron chi connectivity index (χ1n) is 4.88. The SMILES string of the molecule is Cc1c(-c2cccs2)oc2ccccc12. The summed E-state index contributed by atoms with van der Waals surface area (Å²) in [7, 11) is 0. The van der Waals surface area contributed by atoms with Crippen LogP contribution in [0, 0.1) is 6.92 Å². The zero-order valence-electron chi connectivity index (χ0n) is 8.36. The van der Waals surface area contributed by atoms with Crippen LogP contribution in [0.15, 0.2) is 46.2 Å². The van der Waals surface area contributed by atoms with Gasteiger partial charge in [0.2, 0.25) is 0 Å². The molecule has 0 saturated heterocycles. The van der Waals surface area contributed by atoms with E-state index >= 15 is 0 Å². The van der Waals surface area contributed by atoms with Gasteiger partial charge >= 0.3 is 0 Å². The molecule has 2 heteroatoms. The average Bonchev–Trinajstić information content (AvgIpc) is 2.87. The first-order valence-corrected chi connectivity index (χ1v) is 5.76. The molecule has 2 heterocycles. The minimum Gasteiger partial charge on any atom is -0.455 e. The van der Waals surface area contributed by atoms with Crippen molar-refractivity contribution >= 4 is 22.3 Å². The first-order chi connectivity index (χ1) is 7.36. The Kier molecular flexibility index (Phi) is 1.89. The smallest absolute Gasteiger partial charge is 0.148 e. The van der Waals surface area contributed by atoms with Crippen LogP contribution in [-0.4, -0.2) is 0 Å². The Hall–Kier alpha value is -1.54. The van der Waals surface area contributed by atoms with E-state index in [0.29, 0.717) is 0 Å². The molecule has 0 amide bonds. The highest BCUT2D eigenvalue weighted by Gasteiger charge is 2.11. The van der Waals surface area contributed by atoms with Crippen LogP contribution in [0.2, 0.25) is 0 Å². The third-order valence-electron chi connectivity index (χ3n) is 2.59. The molecule has 1 nitrogen and oxygen atoms in total. The molecule has 0 aliphatic carbocycles. The molecule has 0 fully saturated rings. The molecule has 0 saturated carbocycles. The molecule has 1 aromatic carbocycles. The molecule has 0 unspecified atom stereocenters. The standard InChI is InChI=1S/C13H10OS/c1-9-10-5-2-3-6-11(10)14-13(9)12-7-4-8-15-12/h2-8H,1H3. The maximum absolute atomic E-state index is 5.85. The highest BCUT2D eigenvalue weighted by Crippen LogP contribution is 2.34. The zero-order chi connectivity index (χ0) is 10.3. The van der Waals surface area contributed by atoms with Crippen LogP contribution in [0.3, 0.4) is 0 Å². The first kappa shape index (κ1) is 8.74. The second kappa shape index (κ2) is 3.24. The molecule has 0 radical (unpaired) electrons. The lowest BCUT2D eigenvalue weighted by Crippen LogP contribution is -1.70. The van der Waals surface area contributed by atoms with Crippen LogP contribution in [0.1, 0.15) is 5.56 Å². The number of para-hydroxylation sites is 1. The van der Waals surface area contributed by atoms with Crippen LogP contribution >= 0.6 is 11.3 Å². The van der Waals surface area contributed by atoms with Crippen LogP contribution in [0.5, 0.6) is 0 Å². The van der Waals surface area contributed by atoms with Gasteiger partial charge in [-0.1, -0.05) is 24.3 Å². The highest BCUT2D eigenvalue weighted by atomic mass is 32.1. The number of aryl methyl sites for hydroxylation is 1. The zero-order valence-corrected chi connectivity index (χ0v) is 9.17. The van der Waals surface area contributed by atoms with Gasteiger partial charge in [-0.15, -0.1) is 11.3 Å². The van der Waals surface area contributed by atoms with Gasteiger partial charge < -0.3 is 4.42 Å². The molecule has 0 N–H and O–H groups in total. The summed E-state index contributed by atoms with van der Waals surface area (Å²) >= 11 is 1.71. The van der Waals surface area contributed by atoms with Crippen molar-refractivity contribution < 1.29 is 4.42 Å². The molecule has 74 valence electrons. The molecular weight excluding hydrogens is 204 g/mol. The second-order valence-corrected chi connectivity index (χ2v) is 4.48. The molecule has 15 heavy (non-hydrogen) atoms. The molecule has 0 spiro atoms. The lowest BCUT2D eigenvalue weighted by Gasteiger charge is -1.91. The summed E-state index contributed by atoms with van der Waals surface area (Å²) in [5.74, 6) is 1.01. The lowest BCUT2D eigenvalue weighted by atomic mass is 10.1. The Morgan fingerprint density at radius 3 is 2.67 bits per heavy atom. The van der Waals surface area contributed by atoms with Crippen molar-refractivity contribution in [3.05, 3.63) is 47.3 Å². The minimum atomic E-state index is 0.971. The van der Waals surface area contributed by atoms with Gasteiger partial charge in [0.15, 0.2) is 0 Å². The van der Waals surface area contributed by atoms with Gasteiger partial charge in [0, 0.05) is 10.9 Å². The molecule has 0 atom stereocenters. The third-order valence-corrected chi connectivity index (χ3v) is 3.46. The van der Waals surface area contributed by atoms with E-state index in [0.717, 1.165) is 11.3 Å². The van der Waals surface area contributed by atoms with Gasteiger partial charge in [0.1, 0.15) is 11.3 Å². The fourth-order valence-electron chi connectivity index (χ4n) is 1.82. The summed E-state index contributed by atoms with van der Waals surface area (Å²) in [6, 6.07) is 12.3. The van der Waals surface area contributed by atoms with E-state index in [1.807, 2.05) is 24.3 Å². The van der Waals surface area contributed by atoms with Crippen molar-refractivity contribution in [3.8, 4) is 10.6 Å². The van der Waals surface area contributed by atoms with Crippen LogP contribution in [-0.2, 0) is 0 Å². The van der Waals surface area contributed by atoms with Gasteiger partial charge in [0.05, 0.1) is 4.88 Å².